The Morgan fingerprint density at radius 3 is 3.06 bits per heavy atom. The Hall–Kier alpha value is -1.07. The summed E-state index contributed by atoms with van der Waals surface area (Å²) in [6.07, 6.45) is 5.72. The zero-order valence-electron chi connectivity index (χ0n) is 10.5. The van der Waals surface area contributed by atoms with Crippen molar-refractivity contribution < 1.29 is 4.74 Å². The highest BCUT2D eigenvalue weighted by Gasteiger charge is 2.12. The molecule has 2 N–H and O–H groups in total. The summed E-state index contributed by atoms with van der Waals surface area (Å²) < 4.78 is 7.62. The van der Waals surface area contributed by atoms with Crippen LogP contribution in [-0.4, -0.2) is 42.1 Å². The summed E-state index contributed by atoms with van der Waals surface area (Å²) in [5.74, 6) is 0.939. The number of aryl methyl sites for hydroxylation is 1. The maximum absolute atomic E-state index is 5.82. The summed E-state index contributed by atoms with van der Waals surface area (Å²) in [5, 5.41) is 10.9. The molecule has 1 saturated heterocycles. The first kappa shape index (κ1) is 12.4. The molecule has 1 aromatic rings. The lowest BCUT2D eigenvalue weighted by atomic mass is 10.1. The summed E-state index contributed by atoms with van der Waals surface area (Å²) in [5.41, 5.74) is 0. The van der Waals surface area contributed by atoms with Crippen molar-refractivity contribution in [2.75, 3.05) is 31.6 Å². The van der Waals surface area contributed by atoms with Crippen molar-refractivity contribution >= 4 is 5.82 Å². The fraction of sp³-hybridized carbons (Fsp3) is 0.750. The number of nitrogens with zero attached hydrogens (tertiary/aromatic N) is 2. The molecule has 1 aromatic heterocycles. The van der Waals surface area contributed by atoms with Gasteiger partial charge in [0.2, 0.25) is 0 Å². The number of aromatic nitrogens is 2. The van der Waals surface area contributed by atoms with Crippen molar-refractivity contribution in [3.8, 4) is 0 Å². The Bertz CT molecular complexity index is 320. The minimum atomic E-state index is 0.464. The molecular weight excluding hydrogens is 216 g/mol. The largest absolute Gasteiger partial charge is 0.378 e. The van der Waals surface area contributed by atoms with Gasteiger partial charge >= 0.3 is 0 Å². The summed E-state index contributed by atoms with van der Waals surface area (Å²) >= 11 is 0. The molecule has 0 amide bonds. The predicted octanol–water partition coefficient (Wildman–Crippen LogP) is 0.991. The van der Waals surface area contributed by atoms with E-state index in [1.54, 1.807) is 4.68 Å². The second kappa shape index (κ2) is 6.61. The van der Waals surface area contributed by atoms with Gasteiger partial charge in [-0.05, 0) is 32.4 Å². The summed E-state index contributed by atoms with van der Waals surface area (Å²) in [6.45, 7) is 3.94. The monoisotopic (exact) mass is 238 g/mol. The molecule has 17 heavy (non-hydrogen) atoms. The molecule has 2 heterocycles. The highest BCUT2D eigenvalue weighted by Crippen LogP contribution is 2.07. The molecule has 0 aromatic carbocycles. The van der Waals surface area contributed by atoms with E-state index >= 15 is 0 Å². The maximum Gasteiger partial charge on any atom is 0.147 e. The standard InChI is InChI=1S/C12H22N4O/c1-16-9-5-12(15-16)14-6-2-10-17-11-3-7-13-8-4-11/h5,9,11,13H,2-4,6-8,10H2,1H3,(H,14,15). The number of rotatable bonds is 6. The Kier molecular flexibility index (Phi) is 4.82. The third-order valence-electron chi connectivity index (χ3n) is 2.98. The number of piperidine rings is 1. The van der Waals surface area contributed by atoms with Gasteiger partial charge in [0.1, 0.15) is 5.82 Å². The molecule has 1 aliphatic heterocycles. The Morgan fingerprint density at radius 1 is 1.53 bits per heavy atom. The van der Waals surface area contributed by atoms with Crippen LogP contribution in [-0.2, 0) is 11.8 Å². The molecule has 0 spiro atoms. The third-order valence-corrected chi connectivity index (χ3v) is 2.98. The lowest BCUT2D eigenvalue weighted by molar-refractivity contribution is 0.0329. The topological polar surface area (TPSA) is 51.1 Å². The van der Waals surface area contributed by atoms with Gasteiger partial charge in [0.15, 0.2) is 0 Å². The number of anilines is 1. The molecule has 0 saturated carbocycles. The first-order chi connectivity index (χ1) is 8.34. The van der Waals surface area contributed by atoms with Crippen LogP contribution in [0.15, 0.2) is 12.3 Å². The Balaban J connectivity index is 1.51. The molecule has 0 unspecified atom stereocenters. The second-order valence-corrected chi connectivity index (χ2v) is 4.48. The van der Waals surface area contributed by atoms with E-state index in [1.807, 2.05) is 19.3 Å². The molecule has 1 aliphatic rings. The van der Waals surface area contributed by atoms with Crippen molar-refractivity contribution in [2.24, 2.45) is 7.05 Å². The SMILES string of the molecule is Cn1ccc(NCCCOC2CCNCC2)n1. The zero-order chi connectivity index (χ0) is 11.9. The highest BCUT2D eigenvalue weighted by atomic mass is 16.5. The molecule has 0 atom stereocenters. The van der Waals surface area contributed by atoms with E-state index in [-0.39, 0.29) is 0 Å². The van der Waals surface area contributed by atoms with E-state index in [9.17, 15) is 0 Å². The van der Waals surface area contributed by atoms with Gasteiger partial charge in [-0.2, -0.15) is 5.10 Å². The van der Waals surface area contributed by atoms with Gasteiger partial charge in [-0.15, -0.1) is 0 Å². The first-order valence-electron chi connectivity index (χ1n) is 6.40. The molecule has 5 heteroatoms. The molecule has 2 rings (SSSR count). The van der Waals surface area contributed by atoms with E-state index in [1.165, 1.54) is 0 Å². The van der Waals surface area contributed by atoms with Crippen LogP contribution in [0.5, 0.6) is 0 Å². The fourth-order valence-electron chi connectivity index (χ4n) is 2.01. The maximum atomic E-state index is 5.82. The van der Waals surface area contributed by atoms with Gasteiger partial charge in [0.25, 0.3) is 0 Å². The quantitative estimate of drug-likeness (QED) is 0.726. The Morgan fingerprint density at radius 2 is 2.35 bits per heavy atom. The Labute approximate surface area is 103 Å². The molecule has 0 radical (unpaired) electrons. The summed E-state index contributed by atoms with van der Waals surface area (Å²) in [4.78, 5) is 0. The van der Waals surface area contributed by atoms with Crippen molar-refractivity contribution in [1.82, 2.24) is 15.1 Å². The van der Waals surface area contributed by atoms with Crippen LogP contribution in [0.1, 0.15) is 19.3 Å². The number of hydrogen-bond donors (Lipinski definition) is 2. The number of ether oxygens (including phenoxy) is 1. The third kappa shape index (κ3) is 4.36. The molecular formula is C12H22N4O. The van der Waals surface area contributed by atoms with Gasteiger partial charge in [0, 0.05) is 32.5 Å². The van der Waals surface area contributed by atoms with Crippen LogP contribution >= 0.6 is 0 Å². The van der Waals surface area contributed by atoms with E-state index in [2.05, 4.69) is 15.7 Å². The van der Waals surface area contributed by atoms with Gasteiger partial charge < -0.3 is 15.4 Å². The van der Waals surface area contributed by atoms with Crippen LogP contribution in [0, 0.1) is 0 Å². The van der Waals surface area contributed by atoms with Crippen LogP contribution in [0.4, 0.5) is 5.82 Å². The zero-order valence-corrected chi connectivity index (χ0v) is 10.5. The fourth-order valence-corrected chi connectivity index (χ4v) is 2.01. The average Bonchev–Trinajstić information content (AvgIpc) is 2.76. The molecule has 0 bridgehead atoms. The number of hydrogen-bond acceptors (Lipinski definition) is 4. The molecule has 0 aliphatic carbocycles. The van der Waals surface area contributed by atoms with E-state index in [0.717, 1.165) is 51.3 Å². The molecule has 1 fully saturated rings. The molecule has 5 nitrogen and oxygen atoms in total. The average molecular weight is 238 g/mol. The van der Waals surface area contributed by atoms with E-state index < -0.39 is 0 Å². The van der Waals surface area contributed by atoms with Crippen LogP contribution in [0.25, 0.3) is 0 Å². The number of nitrogens with one attached hydrogen (secondary N) is 2. The van der Waals surface area contributed by atoms with E-state index in [0.29, 0.717) is 6.10 Å². The second-order valence-electron chi connectivity index (χ2n) is 4.48. The van der Waals surface area contributed by atoms with Crippen molar-refractivity contribution in [3.05, 3.63) is 12.3 Å². The summed E-state index contributed by atoms with van der Waals surface area (Å²) in [6, 6.07) is 1.98. The van der Waals surface area contributed by atoms with Gasteiger partial charge in [-0.3, -0.25) is 4.68 Å². The van der Waals surface area contributed by atoms with E-state index in [4.69, 9.17) is 4.74 Å². The van der Waals surface area contributed by atoms with Gasteiger partial charge in [-0.25, -0.2) is 0 Å². The minimum absolute atomic E-state index is 0.464. The van der Waals surface area contributed by atoms with Crippen molar-refractivity contribution in [1.29, 1.82) is 0 Å². The summed E-state index contributed by atoms with van der Waals surface area (Å²) in [7, 11) is 1.92. The minimum Gasteiger partial charge on any atom is -0.378 e. The van der Waals surface area contributed by atoms with Crippen molar-refractivity contribution in [2.45, 2.75) is 25.4 Å². The predicted molar refractivity (Wildman–Crippen MR) is 68.2 cm³/mol. The lowest BCUT2D eigenvalue weighted by Gasteiger charge is -2.22. The van der Waals surface area contributed by atoms with Crippen LogP contribution in [0.3, 0.4) is 0 Å². The van der Waals surface area contributed by atoms with Gasteiger partial charge in [-0.1, -0.05) is 0 Å². The molecule has 96 valence electrons. The lowest BCUT2D eigenvalue weighted by Crippen LogP contribution is -2.32. The van der Waals surface area contributed by atoms with Crippen LogP contribution < -0.4 is 10.6 Å². The van der Waals surface area contributed by atoms with Crippen LogP contribution in [0.2, 0.25) is 0 Å². The van der Waals surface area contributed by atoms with Gasteiger partial charge in [0.05, 0.1) is 6.10 Å². The normalized spacial score (nSPS) is 17.2. The van der Waals surface area contributed by atoms with Crippen molar-refractivity contribution in [3.63, 3.8) is 0 Å². The smallest absolute Gasteiger partial charge is 0.147 e. The first-order valence-corrected chi connectivity index (χ1v) is 6.40. The highest BCUT2D eigenvalue weighted by molar-refractivity contribution is 5.31.